The van der Waals surface area contributed by atoms with Gasteiger partial charge < -0.3 is 14.4 Å². The molecule has 3 rings (SSSR count). The maximum atomic E-state index is 13.0. The van der Waals surface area contributed by atoms with Crippen LogP contribution < -0.4 is 4.74 Å². The fourth-order valence-corrected chi connectivity index (χ4v) is 2.80. The van der Waals surface area contributed by atoms with E-state index in [-0.39, 0.29) is 18.1 Å². The van der Waals surface area contributed by atoms with E-state index >= 15 is 0 Å². The fourth-order valence-electron chi connectivity index (χ4n) is 2.80. The van der Waals surface area contributed by atoms with Crippen molar-refractivity contribution in [3.05, 3.63) is 24.1 Å². The smallest absolute Gasteiger partial charge is 0.251 e. The monoisotopic (exact) mass is 294 g/mol. The van der Waals surface area contributed by atoms with Crippen molar-refractivity contribution in [2.45, 2.75) is 37.9 Å². The molecule has 0 spiro atoms. The van der Waals surface area contributed by atoms with Crippen LogP contribution in [0.4, 0.5) is 4.39 Å². The first-order chi connectivity index (χ1) is 10.2. The minimum Gasteiger partial charge on any atom is -0.474 e. The summed E-state index contributed by atoms with van der Waals surface area (Å²) in [6, 6.07) is 4.51. The van der Waals surface area contributed by atoms with Gasteiger partial charge in [-0.05, 0) is 18.9 Å². The second-order valence-corrected chi connectivity index (χ2v) is 5.44. The standard InChI is InChI=1S/C15H19FN2O3/c16-13-4-1-5-14(17-13)21-11-6-8-18(9-7-11)15(19)12-3-2-10-20-12/h1,4-5,11-12H,2-3,6-10H2. The molecule has 0 aromatic carbocycles. The summed E-state index contributed by atoms with van der Waals surface area (Å²) in [6.07, 6.45) is 2.97. The van der Waals surface area contributed by atoms with Crippen LogP contribution in [0.15, 0.2) is 18.2 Å². The molecule has 1 atom stereocenters. The Balaban J connectivity index is 1.49. The maximum Gasteiger partial charge on any atom is 0.251 e. The van der Waals surface area contributed by atoms with Crippen LogP contribution in [0, 0.1) is 5.95 Å². The van der Waals surface area contributed by atoms with E-state index in [9.17, 15) is 9.18 Å². The van der Waals surface area contributed by atoms with Gasteiger partial charge in [0.25, 0.3) is 5.91 Å². The van der Waals surface area contributed by atoms with E-state index in [4.69, 9.17) is 9.47 Å². The van der Waals surface area contributed by atoms with Crippen molar-refractivity contribution in [3.63, 3.8) is 0 Å². The van der Waals surface area contributed by atoms with Gasteiger partial charge in [-0.1, -0.05) is 6.07 Å². The Hall–Kier alpha value is -1.69. The molecule has 2 saturated heterocycles. The van der Waals surface area contributed by atoms with Crippen LogP contribution in [0.5, 0.6) is 5.88 Å². The predicted molar refractivity (Wildman–Crippen MR) is 73.4 cm³/mol. The van der Waals surface area contributed by atoms with Crippen molar-refractivity contribution >= 4 is 5.91 Å². The Morgan fingerprint density at radius 2 is 2.14 bits per heavy atom. The summed E-state index contributed by atoms with van der Waals surface area (Å²) in [4.78, 5) is 17.7. The number of nitrogens with zero attached hydrogens (tertiary/aromatic N) is 2. The van der Waals surface area contributed by atoms with Gasteiger partial charge in [0, 0.05) is 38.6 Å². The number of rotatable bonds is 3. The van der Waals surface area contributed by atoms with E-state index in [1.165, 1.54) is 6.07 Å². The number of amides is 1. The summed E-state index contributed by atoms with van der Waals surface area (Å²) in [5, 5.41) is 0. The predicted octanol–water partition coefficient (Wildman–Crippen LogP) is 1.77. The molecule has 6 heteroatoms. The highest BCUT2D eigenvalue weighted by atomic mass is 19.1. The number of halogens is 1. The number of hydrogen-bond acceptors (Lipinski definition) is 4. The Kier molecular flexibility index (Phi) is 4.34. The first-order valence-corrected chi connectivity index (χ1v) is 7.42. The van der Waals surface area contributed by atoms with Crippen molar-refractivity contribution in [3.8, 4) is 5.88 Å². The lowest BCUT2D eigenvalue weighted by Gasteiger charge is -2.33. The molecule has 5 nitrogen and oxygen atoms in total. The van der Waals surface area contributed by atoms with Gasteiger partial charge in [-0.2, -0.15) is 9.37 Å². The van der Waals surface area contributed by atoms with Gasteiger partial charge in [0.05, 0.1) is 0 Å². The third-order valence-corrected chi connectivity index (χ3v) is 3.94. The molecule has 2 fully saturated rings. The topological polar surface area (TPSA) is 51.7 Å². The first kappa shape index (κ1) is 14.3. The van der Waals surface area contributed by atoms with Crippen LogP contribution in [0.3, 0.4) is 0 Å². The Bertz CT molecular complexity index is 497. The lowest BCUT2D eigenvalue weighted by atomic mass is 10.1. The van der Waals surface area contributed by atoms with Crippen molar-refractivity contribution in [2.24, 2.45) is 0 Å². The molecule has 2 aliphatic rings. The van der Waals surface area contributed by atoms with Crippen LogP contribution in [-0.4, -0.2) is 47.7 Å². The normalized spacial score (nSPS) is 23.3. The summed E-state index contributed by atoms with van der Waals surface area (Å²) in [7, 11) is 0. The maximum absolute atomic E-state index is 13.0. The summed E-state index contributed by atoms with van der Waals surface area (Å²) in [5.74, 6) is -0.146. The van der Waals surface area contributed by atoms with Crippen LogP contribution in [0.2, 0.25) is 0 Å². The Labute approximate surface area is 123 Å². The molecular weight excluding hydrogens is 275 g/mol. The highest BCUT2D eigenvalue weighted by molar-refractivity contribution is 5.81. The average Bonchev–Trinajstić information content (AvgIpc) is 3.01. The number of ether oxygens (including phenoxy) is 2. The van der Waals surface area contributed by atoms with Crippen molar-refractivity contribution in [2.75, 3.05) is 19.7 Å². The highest BCUT2D eigenvalue weighted by Crippen LogP contribution is 2.21. The van der Waals surface area contributed by atoms with E-state index in [1.807, 2.05) is 4.90 Å². The zero-order valence-electron chi connectivity index (χ0n) is 11.8. The number of pyridine rings is 1. The Morgan fingerprint density at radius 1 is 1.33 bits per heavy atom. The largest absolute Gasteiger partial charge is 0.474 e. The van der Waals surface area contributed by atoms with Crippen molar-refractivity contribution < 1.29 is 18.7 Å². The fraction of sp³-hybridized carbons (Fsp3) is 0.600. The molecule has 0 saturated carbocycles. The summed E-state index contributed by atoms with van der Waals surface area (Å²) >= 11 is 0. The SMILES string of the molecule is O=C(C1CCCO1)N1CCC(Oc2cccc(F)n2)CC1. The second kappa shape index (κ2) is 6.39. The Morgan fingerprint density at radius 3 is 2.81 bits per heavy atom. The van der Waals surface area contributed by atoms with E-state index < -0.39 is 5.95 Å². The second-order valence-electron chi connectivity index (χ2n) is 5.44. The molecule has 1 aromatic rings. The number of likely N-dealkylation sites (tertiary alicyclic amines) is 1. The molecule has 21 heavy (non-hydrogen) atoms. The molecule has 0 aliphatic carbocycles. The van der Waals surface area contributed by atoms with Crippen LogP contribution in [-0.2, 0) is 9.53 Å². The average molecular weight is 294 g/mol. The van der Waals surface area contributed by atoms with Crippen molar-refractivity contribution in [1.82, 2.24) is 9.88 Å². The van der Waals surface area contributed by atoms with Gasteiger partial charge in [-0.15, -0.1) is 0 Å². The van der Waals surface area contributed by atoms with Crippen LogP contribution in [0.25, 0.3) is 0 Å². The summed E-state index contributed by atoms with van der Waals surface area (Å²) in [6.45, 7) is 1.98. The van der Waals surface area contributed by atoms with Gasteiger partial charge >= 0.3 is 0 Å². The quantitative estimate of drug-likeness (QED) is 0.797. The molecule has 2 aliphatic heterocycles. The van der Waals surface area contributed by atoms with Gasteiger partial charge in [-0.25, -0.2) is 0 Å². The molecule has 0 radical (unpaired) electrons. The van der Waals surface area contributed by atoms with Crippen molar-refractivity contribution in [1.29, 1.82) is 0 Å². The number of piperidine rings is 1. The van der Waals surface area contributed by atoms with E-state index in [0.717, 1.165) is 25.7 Å². The minimum absolute atomic E-state index is 0.0205. The number of carbonyl (C=O) groups excluding carboxylic acids is 1. The van der Waals surface area contributed by atoms with E-state index in [0.29, 0.717) is 25.6 Å². The summed E-state index contributed by atoms with van der Waals surface area (Å²) in [5.41, 5.74) is 0. The molecule has 1 unspecified atom stereocenters. The highest BCUT2D eigenvalue weighted by Gasteiger charge is 2.31. The third kappa shape index (κ3) is 3.50. The van der Waals surface area contributed by atoms with E-state index in [1.54, 1.807) is 12.1 Å². The number of hydrogen-bond donors (Lipinski definition) is 0. The van der Waals surface area contributed by atoms with Gasteiger partial charge in [0.2, 0.25) is 11.8 Å². The molecular formula is C15H19FN2O3. The molecule has 1 aromatic heterocycles. The number of carbonyl (C=O) groups is 1. The first-order valence-electron chi connectivity index (χ1n) is 7.42. The molecule has 114 valence electrons. The molecule has 3 heterocycles. The zero-order valence-corrected chi connectivity index (χ0v) is 11.8. The lowest BCUT2D eigenvalue weighted by Crippen LogP contribution is -2.45. The summed E-state index contributed by atoms with van der Waals surface area (Å²) < 4.78 is 24.1. The van der Waals surface area contributed by atoms with Gasteiger partial charge in [-0.3, -0.25) is 4.79 Å². The number of aromatic nitrogens is 1. The van der Waals surface area contributed by atoms with Crippen LogP contribution >= 0.6 is 0 Å². The lowest BCUT2D eigenvalue weighted by molar-refractivity contribution is -0.142. The molecule has 1 amide bonds. The molecule has 0 bridgehead atoms. The third-order valence-electron chi connectivity index (χ3n) is 3.94. The zero-order chi connectivity index (χ0) is 14.7. The van der Waals surface area contributed by atoms with Gasteiger partial charge in [0.15, 0.2) is 0 Å². The molecule has 0 N–H and O–H groups in total. The van der Waals surface area contributed by atoms with Crippen LogP contribution in [0.1, 0.15) is 25.7 Å². The minimum atomic E-state index is -0.543. The van der Waals surface area contributed by atoms with Gasteiger partial charge in [0.1, 0.15) is 12.2 Å². The van der Waals surface area contributed by atoms with E-state index in [2.05, 4.69) is 4.98 Å².